The molecule has 25 heavy (non-hydrogen) atoms. The summed E-state index contributed by atoms with van der Waals surface area (Å²) in [5, 5.41) is 7.41. The van der Waals surface area contributed by atoms with Crippen molar-refractivity contribution in [1.29, 1.82) is 0 Å². The van der Waals surface area contributed by atoms with Crippen LogP contribution in [0.3, 0.4) is 0 Å². The molecule has 0 saturated carbocycles. The zero-order chi connectivity index (χ0) is 18.0. The van der Waals surface area contributed by atoms with Crippen molar-refractivity contribution >= 4 is 5.91 Å². The lowest BCUT2D eigenvalue weighted by molar-refractivity contribution is 0.0923. The minimum Gasteiger partial charge on any atom is -0.490 e. The first-order valence-corrected chi connectivity index (χ1v) is 8.82. The van der Waals surface area contributed by atoms with E-state index in [0.717, 1.165) is 18.5 Å². The number of halogens is 1. The van der Waals surface area contributed by atoms with Crippen LogP contribution < -0.4 is 10.1 Å². The maximum Gasteiger partial charge on any atom is 0.255 e. The molecule has 1 aromatic carbocycles. The predicted molar refractivity (Wildman–Crippen MR) is 93.3 cm³/mol. The molecule has 1 atom stereocenters. The number of nitrogens with zero attached hydrogens (tertiary/aromatic N) is 2. The zero-order valence-electron chi connectivity index (χ0n) is 14.9. The monoisotopic (exact) mass is 345 g/mol. The van der Waals surface area contributed by atoms with Crippen LogP contribution in [0.4, 0.5) is 4.39 Å². The number of fused-ring (bicyclic) bond motifs is 1. The number of ether oxygens (including phenoxy) is 1. The Hall–Kier alpha value is -2.37. The molecule has 0 spiro atoms. The Balaban J connectivity index is 1.82. The number of para-hydroxylation sites is 1. The van der Waals surface area contributed by atoms with E-state index in [1.54, 1.807) is 18.3 Å². The molecule has 1 aromatic heterocycles. The summed E-state index contributed by atoms with van der Waals surface area (Å²) in [4.78, 5) is 12.7. The molecule has 0 bridgehead atoms. The lowest BCUT2D eigenvalue weighted by atomic mass is 10.00. The molecule has 0 radical (unpaired) electrons. The van der Waals surface area contributed by atoms with Crippen LogP contribution in [0.25, 0.3) is 0 Å². The van der Waals surface area contributed by atoms with Crippen molar-refractivity contribution in [3.63, 3.8) is 0 Å². The maximum absolute atomic E-state index is 13.9. The lowest BCUT2D eigenvalue weighted by Crippen LogP contribution is -2.32. The van der Waals surface area contributed by atoms with Crippen LogP contribution >= 0.6 is 0 Å². The third-order valence-electron chi connectivity index (χ3n) is 4.91. The molecule has 1 N–H and O–H groups in total. The van der Waals surface area contributed by atoms with E-state index in [0.29, 0.717) is 30.2 Å². The van der Waals surface area contributed by atoms with Crippen LogP contribution in [0, 0.1) is 12.7 Å². The molecule has 2 aromatic rings. The molecule has 1 aliphatic heterocycles. The number of nitrogens with one attached hydrogen (secondary N) is 1. The highest BCUT2D eigenvalue weighted by Gasteiger charge is 2.27. The molecule has 5 nitrogen and oxygen atoms in total. The molecule has 0 unspecified atom stereocenters. The van der Waals surface area contributed by atoms with Gasteiger partial charge in [-0.25, -0.2) is 4.39 Å². The van der Waals surface area contributed by atoms with Crippen molar-refractivity contribution in [3.8, 4) is 5.75 Å². The van der Waals surface area contributed by atoms with E-state index in [1.165, 1.54) is 6.07 Å². The number of benzene rings is 1. The third-order valence-corrected chi connectivity index (χ3v) is 4.91. The Bertz CT molecular complexity index is 768. The molecule has 0 saturated heterocycles. The van der Waals surface area contributed by atoms with E-state index in [2.05, 4.69) is 24.3 Å². The molecule has 6 heteroatoms. The summed E-state index contributed by atoms with van der Waals surface area (Å²) in [5.74, 6) is -0.338. The van der Waals surface area contributed by atoms with Crippen LogP contribution in [-0.2, 0) is 0 Å². The van der Waals surface area contributed by atoms with Crippen LogP contribution in [0.15, 0.2) is 24.4 Å². The first-order valence-electron chi connectivity index (χ1n) is 8.82. The van der Waals surface area contributed by atoms with Gasteiger partial charge < -0.3 is 10.1 Å². The van der Waals surface area contributed by atoms with Gasteiger partial charge in [0.05, 0.1) is 30.5 Å². The van der Waals surface area contributed by atoms with Gasteiger partial charge in [0.1, 0.15) is 0 Å². The molecule has 1 aliphatic rings. The molecule has 3 rings (SSSR count). The third kappa shape index (κ3) is 3.25. The van der Waals surface area contributed by atoms with E-state index < -0.39 is 5.82 Å². The number of carbonyl (C=O) groups is 1. The Morgan fingerprint density at radius 2 is 2.20 bits per heavy atom. The van der Waals surface area contributed by atoms with Gasteiger partial charge >= 0.3 is 0 Å². The van der Waals surface area contributed by atoms with Crippen molar-refractivity contribution in [2.45, 2.75) is 52.1 Å². The van der Waals surface area contributed by atoms with Gasteiger partial charge in [-0.3, -0.25) is 9.48 Å². The fourth-order valence-electron chi connectivity index (χ4n) is 3.42. The average Bonchev–Trinajstić information content (AvgIpc) is 2.99. The fourth-order valence-corrected chi connectivity index (χ4v) is 3.42. The summed E-state index contributed by atoms with van der Waals surface area (Å²) >= 11 is 0. The van der Waals surface area contributed by atoms with E-state index in [4.69, 9.17) is 4.74 Å². The number of hydrogen-bond donors (Lipinski definition) is 1. The summed E-state index contributed by atoms with van der Waals surface area (Å²) in [5.41, 5.74) is 2.11. The molecular weight excluding hydrogens is 321 g/mol. The quantitative estimate of drug-likeness (QED) is 0.893. The average molecular weight is 345 g/mol. The second kappa shape index (κ2) is 7.25. The Kier molecular flexibility index (Phi) is 5.06. The molecule has 2 heterocycles. The maximum atomic E-state index is 13.9. The second-order valence-electron chi connectivity index (χ2n) is 6.38. The molecule has 0 aliphatic carbocycles. The fraction of sp³-hybridized carbons (Fsp3) is 0.474. The van der Waals surface area contributed by atoms with Crippen LogP contribution in [0.2, 0.25) is 0 Å². The SMILES string of the molecule is CCC(CC)n1ncc(C(=O)N[C@@H]2CCOc3c(F)cccc32)c1C. The summed E-state index contributed by atoms with van der Waals surface area (Å²) in [7, 11) is 0. The van der Waals surface area contributed by atoms with E-state index in [-0.39, 0.29) is 17.7 Å². The van der Waals surface area contributed by atoms with Crippen molar-refractivity contribution in [3.05, 3.63) is 47.0 Å². The predicted octanol–water partition coefficient (Wildman–Crippen LogP) is 3.95. The summed E-state index contributed by atoms with van der Waals surface area (Å²) < 4.78 is 21.2. The van der Waals surface area contributed by atoms with Gasteiger partial charge in [0, 0.05) is 17.7 Å². The standard InChI is InChI=1S/C19H24FN3O2/c1-4-13(5-2)23-12(3)15(11-21-23)19(24)22-17-9-10-25-18-14(17)7-6-8-16(18)20/h6-8,11,13,17H,4-5,9-10H2,1-3H3,(H,22,24)/t17-/m1/s1. The smallest absolute Gasteiger partial charge is 0.255 e. The number of rotatable bonds is 5. The summed E-state index contributed by atoms with van der Waals surface area (Å²) in [6.07, 6.45) is 4.16. The highest BCUT2D eigenvalue weighted by atomic mass is 19.1. The van der Waals surface area contributed by atoms with Crippen LogP contribution in [0.1, 0.15) is 66.8 Å². The van der Waals surface area contributed by atoms with Crippen molar-refractivity contribution in [2.24, 2.45) is 0 Å². The lowest BCUT2D eigenvalue weighted by Gasteiger charge is -2.27. The van der Waals surface area contributed by atoms with E-state index >= 15 is 0 Å². The Labute approximate surface area is 147 Å². The first kappa shape index (κ1) is 17.5. The molecular formula is C19H24FN3O2. The molecule has 134 valence electrons. The zero-order valence-corrected chi connectivity index (χ0v) is 14.9. The first-order chi connectivity index (χ1) is 12.1. The number of amides is 1. The van der Waals surface area contributed by atoms with Crippen molar-refractivity contribution in [2.75, 3.05) is 6.61 Å². The van der Waals surface area contributed by atoms with E-state index in [9.17, 15) is 9.18 Å². The van der Waals surface area contributed by atoms with Crippen molar-refractivity contribution < 1.29 is 13.9 Å². The van der Waals surface area contributed by atoms with Gasteiger partial charge in [0.25, 0.3) is 5.91 Å². The van der Waals surface area contributed by atoms with Gasteiger partial charge in [-0.1, -0.05) is 26.0 Å². The number of aromatic nitrogens is 2. The van der Waals surface area contributed by atoms with Gasteiger partial charge in [-0.05, 0) is 25.8 Å². The van der Waals surface area contributed by atoms with Gasteiger partial charge in [0.2, 0.25) is 0 Å². The highest BCUT2D eigenvalue weighted by molar-refractivity contribution is 5.95. The number of carbonyl (C=O) groups excluding carboxylic acids is 1. The molecule has 1 amide bonds. The highest BCUT2D eigenvalue weighted by Crippen LogP contribution is 2.34. The van der Waals surface area contributed by atoms with Crippen LogP contribution in [0.5, 0.6) is 5.75 Å². The summed E-state index contributed by atoms with van der Waals surface area (Å²) in [6, 6.07) is 4.83. The number of hydrogen-bond acceptors (Lipinski definition) is 3. The van der Waals surface area contributed by atoms with Crippen molar-refractivity contribution in [1.82, 2.24) is 15.1 Å². The summed E-state index contributed by atoms with van der Waals surface area (Å²) in [6.45, 7) is 6.52. The minimum atomic E-state index is -0.394. The Morgan fingerprint density at radius 3 is 2.92 bits per heavy atom. The Morgan fingerprint density at radius 1 is 1.44 bits per heavy atom. The molecule has 0 fully saturated rings. The largest absolute Gasteiger partial charge is 0.490 e. The minimum absolute atomic E-state index is 0.184. The van der Waals surface area contributed by atoms with Gasteiger partial charge in [-0.15, -0.1) is 0 Å². The van der Waals surface area contributed by atoms with Crippen LogP contribution in [-0.4, -0.2) is 22.3 Å². The van der Waals surface area contributed by atoms with Gasteiger partial charge in [0.15, 0.2) is 11.6 Å². The normalized spacial score (nSPS) is 16.4. The second-order valence-corrected chi connectivity index (χ2v) is 6.38. The van der Waals surface area contributed by atoms with Gasteiger partial charge in [-0.2, -0.15) is 5.10 Å². The topological polar surface area (TPSA) is 56.2 Å². The van der Waals surface area contributed by atoms with E-state index in [1.807, 2.05) is 11.6 Å².